The van der Waals surface area contributed by atoms with Crippen LogP contribution in [-0.2, 0) is 6.18 Å². The summed E-state index contributed by atoms with van der Waals surface area (Å²) in [5.74, 6) is -0.336. The van der Waals surface area contributed by atoms with Crippen molar-refractivity contribution in [3.8, 4) is 0 Å². The molecule has 0 fully saturated rings. The van der Waals surface area contributed by atoms with Crippen LogP contribution in [0.25, 0.3) is 10.8 Å². The fourth-order valence-corrected chi connectivity index (χ4v) is 2.08. The van der Waals surface area contributed by atoms with E-state index in [9.17, 15) is 18.0 Å². The molecule has 0 bridgehead atoms. The first-order valence-electron chi connectivity index (χ1n) is 5.92. The van der Waals surface area contributed by atoms with Crippen molar-refractivity contribution in [3.05, 3.63) is 41.5 Å². The van der Waals surface area contributed by atoms with Gasteiger partial charge in [0.15, 0.2) is 0 Å². The highest BCUT2D eigenvalue weighted by molar-refractivity contribution is 6.10. The lowest BCUT2D eigenvalue weighted by Gasteiger charge is -2.13. The van der Waals surface area contributed by atoms with Crippen molar-refractivity contribution in [2.75, 3.05) is 19.4 Å². The molecule has 0 heterocycles. The molecule has 0 radical (unpaired) electrons. The van der Waals surface area contributed by atoms with Gasteiger partial charge in [0.1, 0.15) is 0 Å². The number of alkyl halides is 3. The van der Waals surface area contributed by atoms with Crippen molar-refractivity contribution in [1.29, 1.82) is 0 Å². The minimum absolute atomic E-state index is 0.336. The number of hydrogen-bond acceptors (Lipinski definition) is 2. The van der Waals surface area contributed by atoms with Gasteiger partial charge in [-0.15, -0.1) is 0 Å². The van der Waals surface area contributed by atoms with Crippen molar-refractivity contribution in [2.24, 2.45) is 0 Å². The van der Waals surface area contributed by atoms with Gasteiger partial charge in [-0.25, -0.2) is 0 Å². The third-order valence-electron chi connectivity index (χ3n) is 3.08. The van der Waals surface area contributed by atoms with E-state index in [1.165, 1.54) is 13.1 Å². The third kappa shape index (κ3) is 2.41. The quantitative estimate of drug-likeness (QED) is 0.887. The molecule has 2 N–H and O–H groups in total. The molecule has 0 aromatic heterocycles. The van der Waals surface area contributed by atoms with Gasteiger partial charge in [0.25, 0.3) is 5.91 Å². The van der Waals surface area contributed by atoms with Gasteiger partial charge in [-0.2, -0.15) is 13.2 Å². The number of halogens is 3. The Labute approximate surface area is 113 Å². The smallest absolute Gasteiger partial charge is 0.388 e. The molecular formula is C14H13F3N2O. The van der Waals surface area contributed by atoms with E-state index >= 15 is 0 Å². The fraction of sp³-hybridized carbons (Fsp3) is 0.214. The number of hydrogen-bond donors (Lipinski definition) is 2. The summed E-state index contributed by atoms with van der Waals surface area (Å²) in [6, 6.07) is 6.53. The van der Waals surface area contributed by atoms with Crippen LogP contribution in [0.3, 0.4) is 0 Å². The summed E-state index contributed by atoms with van der Waals surface area (Å²) in [7, 11) is 3.10. The standard InChI is InChI=1S/C14H13F3N2O/c1-18-12-6-5-10(13(20)19-2)9-4-3-8(7-11(9)12)14(15,16)17/h3-7,18H,1-2H3,(H,19,20). The molecule has 0 unspecified atom stereocenters. The first-order valence-corrected chi connectivity index (χ1v) is 5.92. The van der Waals surface area contributed by atoms with Crippen LogP contribution in [0.1, 0.15) is 15.9 Å². The number of amides is 1. The molecule has 20 heavy (non-hydrogen) atoms. The average molecular weight is 282 g/mol. The highest BCUT2D eigenvalue weighted by Gasteiger charge is 2.30. The number of carbonyl (C=O) groups is 1. The molecule has 2 aromatic rings. The zero-order valence-corrected chi connectivity index (χ0v) is 10.9. The Morgan fingerprint density at radius 2 is 1.75 bits per heavy atom. The van der Waals surface area contributed by atoms with Gasteiger partial charge in [-0.1, -0.05) is 6.07 Å². The highest BCUT2D eigenvalue weighted by Crippen LogP contribution is 2.34. The van der Waals surface area contributed by atoms with E-state index < -0.39 is 11.7 Å². The molecule has 106 valence electrons. The van der Waals surface area contributed by atoms with Crippen LogP contribution in [0.15, 0.2) is 30.3 Å². The van der Waals surface area contributed by atoms with E-state index in [0.717, 1.165) is 12.1 Å². The Morgan fingerprint density at radius 1 is 1.05 bits per heavy atom. The Balaban J connectivity index is 2.76. The van der Waals surface area contributed by atoms with Gasteiger partial charge in [-0.3, -0.25) is 4.79 Å². The predicted molar refractivity (Wildman–Crippen MR) is 71.9 cm³/mol. The van der Waals surface area contributed by atoms with Crippen molar-refractivity contribution < 1.29 is 18.0 Å². The van der Waals surface area contributed by atoms with Crippen LogP contribution < -0.4 is 10.6 Å². The lowest BCUT2D eigenvalue weighted by atomic mass is 9.99. The van der Waals surface area contributed by atoms with Crippen LogP contribution >= 0.6 is 0 Å². The molecule has 0 saturated heterocycles. The maximum atomic E-state index is 12.8. The monoisotopic (exact) mass is 282 g/mol. The lowest BCUT2D eigenvalue weighted by Crippen LogP contribution is -2.18. The summed E-state index contributed by atoms with van der Waals surface area (Å²) < 4.78 is 38.3. The molecule has 0 spiro atoms. The second-order valence-corrected chi connectivity index (χ2v) is 4.25. The molecule has 0 aliphatic rings. The van der Waals surface area contributed by atoms with Crippen LogP contribution in [0.5, 0.6) is 0 Å². The van der Waals surface area contributed by atoms with E-state index in [1.807, 2.05) is 0 Å². The zero-order chi connectivity index (χ0) is 14.9. The van der Waals surface area contributed by atoms with Crippen LogP contribution in [0.2, 0.25) is 0 Å². The van der Waals surface area contributed by atoms with Crippen molar-refractivity contribution in [1.82, 2.24) is 5.32 Å². The summed E-state index contributed by atoms with van der Waals surface area (Å²) in [5.41, 5.74) is 0.143. The molecule has 6 heteroatoms. The fourth-order valence-electron chi connectivity index (χ4n) is 2.08. The minimum Gasteiger partial charge on any atom is -0.388 e. The Bertz CT molecular complexity index is 665. The van der Waals surface area contributed by atoms with E-state index in [-0.39, 0.29) is 5.91 Å². The molecule has 0 aliphatic carbocycles. The Kier molecular flexibility index (Phi) is 3.57. The van der Waals surface area contributed by atoms with E-state index in [2.05, 4.69) is 10.6 Å². The first kappa shape index (κ1) is 14.2. The summed E-state index contributed by atoms with van der Waals surface area (Å²) in [6.45, 7) is 0. The van der Waals surface area contributed by atoms with Gasteiger partial charge in [0.2, 0.25) is 0 Å². The Hall–Kier alpha value is -2.24. The molecular weight excluding hydrogens is 269 g/mol. The van der Waals surface area contributed by atoms with Gasteiger partial charge in [0.05, 0.1) is 5.56 Å². The summed E-state index contributed by atoms with van der Waals surface area (Å²) in [5, 5.41) is 6.15. The number of benzene rings is 2. The Morgan fingerprint density at radius 3 is 2.30 bits per heavy atom. The number of carbonyl (C=O) groups excluding carboxylic acids is 1. The largest absolute Gasteiger partial charge is 0.416 e. The number of anilines is 1. The second kappa shape index (κ2) is 5.03. The van der Waals surface area contributed by atoms with Crippen LogP contribution in [0, 0.1) is 0 Å². The molecule has 3 nitrogen and oxygen atoms in total. The topological polar surface area (TPSA) is 41.1 Å². The number of nitrogens with one attached hydrogen (secondary N) is 2. The zero-order valence-electron chi connectivity index (χ0n) is 10.9. The summed E-state index contributed by atoms with van der Waals surface area (Å²) >= 11 is 0. The van der Waals surface area contributed by atoms with Crippen LogP contribution in [-0.4, -0.2) is 20.0 Å². The van der Waals surface area contributed by atoms with Gasteiger partial charge < -0.3 is 10.6 Å². The van der Waals surface area contributed by atoms with E-state index in [4.69, 9.17) is 0 Å². The number of rotatable bonds is 2. The predicted octanol–water partition coefficient (Wildman–Crippen LogP) is 3.26. The first-order chi connectivity index (χ1) is 9.38. The molecule has 0 saturated carbocycles. The van der Waals surface area contributed by atoms with Crippen molar-refractivity contribution >= 4 is 22.4 Å². The highest BCUT2D eigenvalue weighted by atomic mass is 19.4. The van der Waals surface area contributed by atoms with Crippen molar-refractivity contribution in [3.63, 3.8) is 0 Å². The van der Waals surface area contributed by atoms with Gasteiger partial charge >= 0.3 is 6.18 Å². The molecule has 2 aromatic carbocycles. The molecule has 0 aliphatic heterocycles. The number of fused-ring (bicyclic) bond motifs is 1. The van der Waals surface area contributed by atoms with Crippen molar-refractivity contribution in [2.45, 2.75) is 6.18 Å². The third-order valence-corrected chi connectivity index (χ3v) is 3.08. The lowest BCUT2D eigenvalue weighted by molar-refractivity contribution is -0.137. The van der Waals surface area contributed by atoms with Gasteiger partial charge in [0, 0.05) is 30.7 Å². The van der Waals surface area contributed by atoms with Crippen LogP contribution in [0.4, 0.5) is 18.9 Å². The molecule has 0 atom stereocenters. The minimum atomic E-state index is -4.41. The SMILES string of the molecule is CNC(=O)c1ccc(NC)c2cc(C(F)(F)F)ccc12. The maximum absolute atomic E-state index is 12.8. The summed E-state index contributed by atoms with van der Waals surface area (Å²) in [6.07, 6.45) is -4.41. The van der Waals surface area contributed by atoms with E-state index in [1.54, 1.807) is 19.2 Å². The average Bonchev–Trinajstić information content (AvgIpc) is 2.43. The molecule has 2 rings (SSSR count). The second-order valence-electron chi connectivity index (χ2n) is 4.25. The molecule has 1 amide bonds. The van der Waals surface area contributed by atoms with E-state index in [0.29, 0.717) is 22.0 Å². The maximum Gasteiger partial charge on any atom is 0.416 e. The normalized spacial score (nSPS) is 11.4. The van der Waals surface area contributed by atoms with Gasteiger partial charge in [-0.05, 0) is 29.7 Å². The summed E-state index contributed by atoms with van der Waals surface area (Å²) in [4.78, 5) is 11.8.